The van der Waals surface area contributed by atoms with E-state index >= 15 is 0 Å². The van der Waals surface area contributed by atoms with Crippen LogP contribution in [0.2, 0.25) is 0 Å². The number of rotatable bonds is 4. The second-order valence-electron chi connectivity index (χ2n) is 5.42. The highest BCUT2D eigenvalue weighted by Crippen LogP contribution is 2.17. The summed E-state index contributed by atoms with van der Waals surface area (Å²) in [6, 6.07) is 19.1. The van der Waals surface area contributed by atoms with Crippen LogP contribution in [0.4, 0.5) is 5.69 Å². The molecule has 0 radical (unpaired) electrons. The van der Waals surface area contributed by atoms with Gasteiger partial charge >= 0.3 is 0 Å². The molecule has 0 aliphatic heterocycles. The zero-order valence-corrected chi connectivity index (χ0v) is 12.5. The summed E-state index contributed by atoms with van der Waals surface area (Å²) in [7, 11) is 0. The van der Waals surface area contributed by atoms with Gasteiger partial charge in [-0.3, -0.25) is 0 Å². The van der Waals surface area contributed by atoms with Gasteiger partial charge in [-0.1, -0.05) is 29.8 Å². The molecule has 1 N–H and O–H groups in total. The fraction of sp³-hybridized carbons (Fsp3) is 0.158. The Morgan fingerprint density at radius 3 is 2.48 bits per heavy atom. The van der Waals surface area contributed by atoms with Crippen LogP contribution >= 0.6 is 0 Å². The Labute approximate surface area is 126 Å². The molecule has 0 atom stereocenters. The molecule has 0 amide bonds. The lowest BCUT2D eigenvalue weighted by Gasteiger charge is -2.11. The topological polar surface area (TPSA) is 17.0 Å². The predicted molar refractivity (Wildman–Crippen MR) is 89.0 cm³/mol. The average molecular weight is 276 g/mol. The fourth-order valence-electron chi connectivity index (χ4n) is 2.52. The van der Waals surface area contributed by atoms with E-state index in [9.17, 15) is 0 Å². The maximum absolute atomic E-state index is 3.51. The van der Waals surface area contributed by atoms with Crippen molar-refractivity contribution in [2.45, 2.75) is 20.4 Å². The lowest BCUT2D eigenvalue weighted by Crippen LogP contribution is -2.02. The van der Waals surface area contributed by atoms with Crippen LogP contribution in [0.25, 0.3) is 5.69 Å². The van der Waals surface area contributed by atoms with Gasteiger partial charge in [-0.25, -0.2) is 0 Å². The number of aryl methyl sites for hydroxylation is 2. The second kappa shape index (κ2) is 5.88. The molecule has 3 aromatic rings. The van der Waals surface area contributed by atoms with Gasteiger partial charge in [0, 0.05) is 30.3 Å². The van der Waals surface area contributed by atoms with Crippen molar-refractivity contribution in [1.82, 2.24) is 4.57 Å². The third kappa shape index (κ3) is 3.16. The Kier molecular flexibility index (Phi) is 3.78. The largest absolute Gasteiger partial charge is 0.381 e. The van der Waals surface area contributed by atoms with Crippen LogP contribution in [-0.2, 0) is 6.54 Å². The minimum absolute atomic E-state index is 0.848. The molecule has 3 rings (SSSR count). The van der Waals surface area contributed by atoms with Gasteiger partial charge in [0.05, 0.1) is 0 Å². The first-order valence-electron chi connectivity index (χ1n) is 7.26. The van der Waals surface area contributed by atoms with Crippen molar-refractivity contribution < 1.29 is 0 Å². The Morgan fingerprint density at radius 2 is 1.71 bits per heavy atom. The van der Waals surface area contributed by atoms with E-state index in [0.717, 1.165) is 12.2 Å². The molecule has 0 aliphatic rings. The van der Waals surface area contributed by atoms with Crippen LogP contribution in [0.5, 0.6) is 0 Å². The number of benzene rings is 2. The van der Waals surface area contributed by atoms with Gasteiger partial charge in [0.15, 0.2) is 0 Å². The molecular weight excluding hydrogens is 256 g/mol. The number of hydrogen-bond donors (Lipinski definition) is 1. The standard InChI is InChI=1S/C19H20N2/c1-15-8-9-17(16(2)12-15)14-20-18-6-5-7-19(13-18)21-10-3-4-11-21/h3-13,20H,14H2,1-2H3. The molecule has 1 aromatic heterocycles. The summed E-state index contributed by atoms with van der Waals surface area (Å²) >= 11 is 0. The van der Waals surface area contributed by atoms with Gasteiger partial charge < -0.3 is 9.88 Å². The van der Waals surface area contributed by atoms with Gasteiger partial charge in [-0.2, -0.15) is 0 Å². The molecule has 0 spiro atoms. The van der Waals surface area contributed by atoms with Gasteiger partial charge in [0.25, 0.3) is 0 Å². The van der Waals surface area contributed by atoms with Crippen LogP contribution in [0.3, 0.4) is 0 Å². The van der Waals surface area contributed by atoms with E-state index in [4.69, 9.17) is 0 Å². The zero-order chi connectivity index (χ0) is 14.7. The van der Waals surface area contributed by atoms with E-state index in [-0.39, 0.29) is 0 Å². The molecule has 0 saturated heterocycles. The van der Waals surface area contributed by atoms with Gasteiger partial charge in [0.2, 0.25) is 0 Å². The van der Waals surface area contributed by atoms with Crippen molar-refractivity contribution in [3.8, 4) is 5.69 Å². The zero-order valence-electron chi connectivity index (χ0n) is 12.5. The Hall–Kier alpha value is -2.48. The van der Waals surface area contributed by atoms with Crippen molar-refractivity contribution in [2.75, 3.05) is 5.32 Å². The second-order valence-corrected chi connectivity index (χ2v) is 5.42. The summed E-state index contributed by atoms with van der Waals surface area (Å²) < 4.78 is 2.11. The van der Waals surface area contributed by atoms with Crippen LogP contribution in [-0.4, -0.2) is 4.57 Å². The van der Waals surface area contributed by atoms with Crippen LogP contribution in [0.1, 0.15) is 16.7 Å². The monoisotopic (exact) mass is 276 g/mol. The van der Waals surface area contributed by atoms with Gasteiger partial charge in [-0.15, -0.1) is 0 Å². The molecule has 2 heteroatoms. The normalized spacial score (nSPS) is 10.6. The molecule has 0 unspecified atom stereocenters. The van der Waals surface area contributed by atoms with E-state index in [1.54, 1.807) is 0 Å². The van der Waals surface area contributed by atoms with Crippen LogP contribution in [0.15, 0.2) is 67.0 Å². The molecule has 1 heterocycles. The van der Waals surface area contributed by atoms with E-state index < -0.39 is 0 Å². The SMILES string of the molecule is Cc1ccc(CNc2cccc(-n3cccc3)c2)c(C)c1. The number of nitrogens with zero attached hydrogens (tertiary/aromatic N) is 1. The van der Waals surface area contributed by atoms with Gasteiger partial charge in [0.1, 0.15) is 0 Å². The summed E-state index contributed by atoms with van der Waals surface area (Å²) in [5, 5.41) is 3.51. The molecule has 0 saturated carbocycles. The first kappa shape index (κ1) is 13.5. The Morgan fingerprint density at radius 1 is 0.905 bits per heavy atom. The highest BCUT2D eigenvalue weighted by atomic mass is 14.9. The predicted octanol–water partition coefficient (Wildman–Crippen LogP) is 4.71. The number of aromatic nitrogens is 1. The van der Waals surface area contributed by atoms with Crippen LogP contribution < -0.4 is 5.32 Å². The highest BCUT2D eigenvalue weighted by Gasteiger charge is 2.00. The number of anilines is 1. The summed E-state index contributed by atoms with van der Waals surface area (Å²) in [5.74, 6) is 0. The third-order valence-electron chi connectivity index (χ3n) is 3.73. The Bertz CT molecular complexity index is 727. The van der Waals surface area contributed by atoms with Crippen molar-refractivity contribution in [2.24, 2.45) is 0 Å². The third-order valence-corrected chi connectivity index (χ3v) is 3.73. The number of nitrogens with one attached hydrogen (secondary N) is 1. The minimum Gasteiger partial charge on any atom is -0.381 e. The summed E-state index contributed by atoms with van der Waals surface area (Å²) in [5.41, 5.74) is 6.30. The maximum atomic E-state index is 3.51. The van der Waals surface area contributed by atoms with E-state index in [1.165, 1.54) is 22.4 Å². The first-order valence-corrected chi connectivity index (χ1v) is 7.26. The van der Waals surface area contributed by atoms with Crippen molar-refractivity contribution in [3.05, 3.63) is 83.7 Å². The first-order chi connectivity index (χ1) is 10.2. The molecular formula is C19H20N2. The van der Waals surface area contributed by atoms with Crippen molar-refractivity contribution >= 4 is 5.69 Å². The quantitative estimate of drug-likeness (QED) is 0.730. The van der Waals surface area contributed by atoms with E-state index in [0.29, 0.717) is 0 Å². The summed E-state index contributed by atoms with van der Waals surface area (Å²) in [6.07, 6.45) is 4.12. The molecule has 106 valence electrons. The smallest absolute Gasteiger partial charge is 0.0469 e. The van der Waals surface area contributed by atoms with E-state index in [2.05, 4.69) is 78.6 Å². The molecule has 0 bridgehead atoms. The summed E-state index contributed by atoms with van der Waals surface area (Å²) in [4.78, 5) is 0. The molecule has 21 heavy (non-hydrogen) atoms. The summed E-state index contributed by atoms with van der Waals surface area (Å²) in [6.45, 7) is 5.15. The fourth-order valence-corrected chi connectivity index (χ4v) is 2.52. The van der Waals surface area contributed by atoms with Crippen LogP contribution in [0, 0.1) is 13.8 Å². The van der Waals surface area contributed by atoms with Crippen molar-refractivity contribution in [3.63, 3.8) is 0 Å². The molecule has 0 aliphatic carbocycles. The van der Waals surface area contributed by atoms with Gasteiger partial charge in [-0.05, 0) is 55.3 Å². The average Bonchev–Trinajstić information content (AvgIpc) is 3.01. The molecule has 2 nitrogen and oxygen atoms in total. The molecule has 2 aromatic carbocycles. The minimum atomic E-state index is 0.848. The Balaban J connectivity index is 1.75. The molecule has 0 fully saturated rings. The van der Waals surface area contributed by atoms with Crippen molar-refractivity contribution in [1.29, 1.82) is 0 Å². The lowest BCUT2D eigenvalue weighted by molar-refractivity contribution is 1.07. The maximum Gasteiger partial charge on any atom is 0.0469 e. The lowest BCUT2D eigenvalue weighted by atomic mass is 10.1. The number of hydrogen-bond acceptors (Lipinski definition) is 1. The highest BCUT2D eigenvalue weighted by molar-refractivity contribution is 5.52. The van der Waals surface area contributed by atoms with E-state index in [1.807, 2.05) is 12.1 Å².